The fraction of sp³-hybridized carbons (Fsp3) is 0.444. The van der Waals surface area contributed by atoms with Gasteiger partial charge >= 0.3 is 0 Å². The lowest BCUT2D eigenvalue weighted by atomic mass is 10.1. The zero-order valence-corrected chi connectivity index (χ0v) is 14.0. The fourth-order valence-corrected chi connectivity index (χ4v) is 2.94. The van der Waals surface area contributed by atoms with Crippen LogP contribution in [0, 0.1) is 13.8 Å². The zero-order valence-electron chi connectivity index (χ0n) is 14.0. The van der Waals surface area contributed by atoms with Crippen LogP contribution >= 0.6 is 0 Å². The maximum atomic E-state index is 12.8. The van der Waals surface area contributed by atoms with Crippen LogP contribution in [0.5, 0.6) is 5.75 Å². The largest absolute Gasteiger partial charge is 0.488 e. The van der Waals surface area contributed by atoms with Crippen LogP contribution in [-0.2, 0) is 6.61 Å². The summed E-state index contributed by atoms with van der Waals surface area (Å²) in [6, 6.07) is 7.19. The minimum atomic E-state index is -0.446. The number of amides is 1. The molecule has 1 atom stereocenters. The molecule has 0 aliphatic carbocycles. The third-order valence-electron chi connectivity index (χ3n) is 4.35. The van der Waals surface area contributed by atoms with Crippen molar-refractivity contribution in [3.05, 3.63) is 46.8 Å². The van der Waals surface area contributed by atoms with E-state index in [0.717, 1.165) is 29.9 Å². The smallest absolute Gasteiger partial charge is 0.257 e. The number of ether oxygens (including phenoxy) is 1. The fourth-order valence-electron chi connectivity index (χ4n) is 2.94. The van der Waals surface area contributed by atoms with Crippen LogP contribution in [0.25, 0.3) is 0 Å². The molecule has 128 valence electrons. The lowest BCUT2D eigenvalue weighted by molar-refractivity contribution is 0.0470. The summed E-state index contributed by atoms with van der Waals surface area (Å²) in [5.74, 6) is 1.14. The van der Waals surface area contributed by atoms with Gasteiger partial charge in [0.25, 0.3) is 5.91 Å². The molecule has 1 amide bonds. The van der Waals surface area contributed by atoms with Gasteiger partial charge in [0.1, 0.15) is 18.1 Å². The molecular weight excluding hydrogens is 308 g/mol. The highest BCUT2D eigenvalue weighted by Gasteiger charge is 2.25. The Hall–Kier alpha value is -2.34. The van der Waals surface area contributed by atoms with Crippen LogP contribution in [0.15, 0.2) is 28.8 Å². The molecule has 2 aromatic rings. The average Bonchev–Trinajstić information content (AvgIpc) is 2.91. The van der Waals surface area contributed by atoms with Gasteiger partial charge in [0, 0.05) is 13.1 Å². The second-order valence-electron chi connectivity index (χ2n) is 6.13. The van der Waals surface area contributed by atoms with Gasteiger partial charge in [-0.1, -0.05) is 17.3 Å². The number of β-amino-alcohol motifs (C(OH)–C–C–N with tert-alkyl or cyclic N) is 1. The van der Waals surface area contributed by atoms with Gasteiger partial charge in [-0.15, -0.1) is 0 Å². The number of rotatable bonds is 4. The van der Waals surface area contributed by atoms with Crippen molar-refractivity contribution >= 4 is 5.91 Å². The predicted molar refractivity (Wildman–Crippen MR) is 87.9 cm³/mol. The number of piperidine rings is 1. The zero-order chi connectivity index (χ0) is 17.1. The number of aromatic nitrogens is 1. The summed E-state index contributed by atoms with van der Waals surface area (Å²) in [5, 5.41) is 13.7. The number of para-hydroxylation sites is 1. The normalized spacial score (nSPS) is 17.8. The standard InChI is InChI=1S/C18H22N2O4/c1-12-16(13(2)24-19-12)11-23-17-8-4-3-7-15(17)18(22)20-9-5-6-14(21)10-20/h3-4,7-8,14,21H,5-6,9-11H2,1-2H3. The summed E-state index contributed by atoms with van der Waals surface area (Å²) in [5.41, 5.74) is 2.19. The van der Waals surface area contributed by atoms with Crippen LogP contribution in [-0.4, -0.2) is 40.3 Å². The summed E-state index contributed by atoms with van der Waals surface area (Å²) in [6.07, 6.45) is 1.11. The van der Waals surface area contributed by atoms with Gasteiger partial charge in [0.15, 0.2) is 0 Å². The molecule has 1 fully saturated rings. The Morgan fingerprint density at radius 2 is 2.21 bits per heavy atom. The number of aliphatic hydroxyl groups is 1. The van der Waals surface area contributed by atoms with Gasteiger partial charge in [-0.3, -0.25) is 4.79 Å². The Labute approximate surface area is 141 Å². The molecule has 1 saturated heterocycles. The van der Waals surface area contributed by atoms with Crippen molar-refractivity contribution in [3.8, 4) is 5.75 Å². The van der Waals surface area contributed by atoms with E-state index in [4.69, 9.17) is 9.26 Å². The molecule has 1 N–H and O–H groups in total. The average molecular weight is 330 g/mol. The number of hydrogen-bond donors (Lipinski definition) is 1. The van der Waals surface area contributed by atoms with Crippen molar-refractivity contribution in [2.24, 2.45) is 0 Å². The molecule has 3 rings (SSSR count). The molecule has 1 aliphatic rings. The topological polar surface area (TPSA) is 75.8 Å². The van der Waals surface area contributed by atoms with Crippen molar-refractivity contribution < 1.29 is 19.2 Å². The van der Waals surface area contributed by atoms with Crippen LogP contribution in [0.1, 0.15) is 40.2 Å². The van der Waals surface area contributed by atoms with E-state index in [0.29, 0.717) is 31.0 Å². The maximum Gasteiger partial charge on any atom is 0.257 e. The summed E-state index contributed by atoms with van der Waals surface area (Å²) in [6.45, 7) is 5.03. The van der Waals surface area contributed by atoms with Crippen LogP contribution in [0.4, 0.5) is 0 Å². The summed E-state index contributed by atoms with van der Waals surface area (Å²) < 4.78 is 11.0. The minimum Gasteiger partial charge on any atom is -0.488 e. The molecule has 0 bridgehead atoms. The molecule has 0 spiro atoms. The molecule has 1 unspecified atom stereocenters. The molecule has 2 heterocycles. The molecule has 1 aliphatic heterocycles. The highest BCUT2D eigenvalue weighted by Crippen LogP contribution is 2.24. The van der Waals surface area contributed by atoms with Crippen LogP contribution in [0.3, 0.4) is 0 Å². The van der Waals surface area contributed by atoms with E-state index in [2.05, 4.69) is 5.16 Å². The van der Waals surface area contributed by atoms with Gasteiger partial charge in [0.05, 0.1) is 22.9 Å². The first kappa shape index (κ1) is 16.5. The van der Waals surface area contributed by atoms with E-state index in [1.165, 1.54) is 0 Å². The lowest BCUT2D eigenvalue weighted by Crippen LogP contribution is -2.42. The minimum absolute atomic E-state index is 0.108. The van der Waals surface area contributed by atoms with E-state index < -0.39 is 6.10 Å². The highest BCUT2D eigenvalue weighted by atomic mass is 16.5. The van der Waals surface area contributed by atoms with E-state index in [1.807, 2.05) is 26.0 Å². The van der Waals surface area contributed by atoms with E-state index in [-0.39, 0.29) is 5.91 Å². The van der Waals surface area contributed by atoms with E-state index in [1.54, 1.807) is 17.0 Å². The molecule has 0 saturated carbocycles. The number of nitrogens with zero attached hydrogens (tertiary/aromatic N) is 2. The van der Waals surface area contributed by atoms with Gasteiger partial charge in [-0.25, -0.2) is 0 Å². The summed E-state index contributed by atoms with van der Waals surface area (Å²) >= 11 is 0. The second-order valence-corrected chi connectivity index (χ2v) is 6.13. The van der Waals surface area contributed by atoms with Gasteiger partial charge in [0.2, 0.25) is 0 Å². The summed E-state index contributed by atoms with van der Waals surface area (Å²) in [7, 11) is 0. The Balaban J connectivity index is 1.76. The van der Waals surface area contributed by atoms with Crippen molar-refractivity contribution in [1.82, 2.24) is 10.1 Å². The third-order valence-corrected chi connectivity index (χ3v) is 4.35. The van der Waals surface area contributed by atoms with Crippen molar-refractivity contribution in [1.29, 1.82) is 0 Å². The van der Waals surface area contributed by atoms with E-state index in [9.17, 15) is 9.90 Å². The number of hydrogen-bond acceptors (Lipinski definition) is 5. The van der Waals surface area contributed by atoms with Crippen molar-refractivity contribution in [2.75, 3.05) is 13.1 Å². The van der Waals surface area contributed by atoms with Crippen molar-refractivity contribution in [3.63, 3.8) is 0 Å². The number of likely N-dealkylation sites (tertiary alicyclic amines) is 1. The molecule has 24 heavy (non-hydrogen) atoms. The Morgan fingerprint density at radius 1 is 1.42 bits per heavy atom. The van der Waals surface area contributed by atoms with Crippen molar-refractivity contribution in [2.45, 2.75) is 39.4 Å². The SMILES string of the molecule is Cc1noc(C)c1COc1ccccc1C(=O)N1CCCC(O)C1. The molecule has 6 heteroatoms. The molecule has 6 nitrogen and oxygen atoms in total. The highest BCUT2D eigenvalue weighted by molar-refractivity contribution is 5.97. The molecule has 0 radical (unpaired) electrons. The lowest BCUT2D eigenvalue weighted by Gasteiger charge is -2.30. The first-order valence-electron chi connectivity index (χ1n) is 8.17. The Morgan fingerprint density at radius 3 is 2.92 bits per heavy atom. The number of carbonyl (C=O) groups is 1. The monoisotopic (exact) mass is 330 g/mol. The molecular formula is C18H22N2O4. The summed E-state index contributed by atoms with van der Waals surface area (Å²) in [4.78, 5) is 14.5. The molecule has 1 aromatic carbocycles. The maximum absolute atomic E-state index is 12.8. The first-order valence-corrected chi connectivity index (χ1v) is 8.17. The second kappa shape index (κ2) is 7.05. The third kappa shape index (κ3) is 3.43. The van der Waals surface area contributed by atoms with Gasteiger partial charge in [-0.2, -0.15) is 0 Å². The van der Waals surface area contributed by atoms with Gasteiger partial charge in [-0.05, 0) is 38.8 Å². The van der Waals surface area contributed by atoms with E-state index >= 15 is 0 Å². The predicted octanol–water partition coefficient (Wildman–Crippen LogP) is 2.47. The Kier molecular flexibility index (Phi) is 4.85. The number of benzene rings is 1. The quantitative estimate of drug-likeness (QED) is 0.932. The van der Waals surface area contributed by atoms with Crippen LogP contribution < -0.4 is 4.74 Å². The number of carbonyl (C=O) groups excluding carboxylic acids is 1. The molecule has 1 aromatic heterocycles. The Bertz CT molecular complexity index is 706. The van der Waals surface area contributed by atoms with Gasteiger partial charge < -0.3 is 19.3 Å². The first-order chi connectivity index (χ1) is 11.6. The van der Waals surface area contributed by atoms with Crippen LogP contribution in [0.2, 0.25) is 0 Å². The number of aryl methyl sites for hydroxylation is 2. The number of aliphatic hydroxyl groups excluding tert-OH is 1.